The summed E-state index contributed by atoms with van der Waals surface area (Å²) in [4.78, 5) is 15.2. The van der Waals surface area contributed by atoms with E-state index in [0.29, 0.717) is 11.6 Å². The van der Waals surface area contributed by atoms with E-state index in [9.17, 15) is 4.79 Å². The van der Waals surface area contributed by atoms with Crippen LogP contribution in [0, 0.1) is 6.92 Å². The van der Waals surface area contributed by atoms with Crippen LogP contribution in [0.1, 0.15) is 54.1 Å². The highest BCUT2D eigenvalue weighted by Crippen LogP contribution is 2.45. The minimum atomic E-state index is -0.288. The summed E-state index contributed by atoms with van der Waals surface area (Å²) in [6, 6.07) is 11.4. The third-order valence-corrected chi connectivity index (χ3v) is 8.06. The monoisotopic (exact) mass is 464 g/mol. The smallest absolute Gasteiger partial charge is 0.338 e. The number of hydrogen-bond donors (Lipinski definition) is 1. The molecule has 0 aliphatic carbocycles. The number of fused-ring (bicyclic) bond motifs is 2. The predicted octanol–water partition coefficient (Wildman–Crippen LogP) is 4.93. The molecule has 182 valence electrons. The fourth-order valence-electron chi connectivity index (χ4n) is 6.01. The lowest BCUT2D eigenvalue weighted by atomic mass is 9.75. The molecule has 0 unspecified atom stereocenters. The molecule has 0 atom stereocenters. The highest BCUT2D eigenvalue weighted by molar-refractivity contribution is 5.95. The Bertz CT molecular complexity index is 1050. The molecule has 0 radical (unpaired) electrons. The van der Waals surface area contributed by atoms with Gasteiger partial charge in [-0.2, -0.15) is 0 Å². The van der Waals surface area contributed by atoms with E-state index in [1.165, 1.54) is 18.4 Å². The van der Waals surface area contributed by atoms with Gasteiger partial charge in [0.2, 0.25) is 0 Å². The topological polar surface area (TPSA) is 60.0 Å². The molecule has 0 amide bonds. The molecule has 3 aliphatic rings. The second-order valence-corrected chi connectivity index (χ2v) is 9.80. The average molecular weight is 465 g/mol. The molecular formula is C28H36N2O4. The highest BCUT2D eigenvalue weighted by Gasteiger charge is 2.40. The van der Waals surface area contributed by atoms with Crippen molar-refractivity contribution in [1.82, 2.24) is 0 Å². The van der Waals surface area contributed by atoms with Gasteiger partial charge in [-0.05, 0) is 80.0 Å². The molecule has 0 bridgehead atoms. The molecule has 3 heterocycles. The van der Waals surface area contributed by atoms with Gasteiger partial charge in [-0.3, -0.25) is 0 Å². The van der Waals surface area contributed by atoms with Gasteiger partial charge in [0.05, 0.1) is 12.7 Å². The van der Waals surface area contributed by atoms with Gasteiger partial charge in [-0.15, -0.1) is 0 Å². The van der Waals surface area contributed by atoms with E-state index in [0.717, 1.165) is 87.6 Å². The fraction of sp³-hybridized carbons (Fsp3) is 0.536. The van der Waals surface area contributed by atoms with Crippen molar-refractivity contribution in [2.75, 3.05) is 56.8 Å². The molecule has 3 aliphatic heterocycles. The SMILES string of the molecule is CCN(c1cc(-c2ccc3c(c2)NCC32CCOCC2)cc(C(=O)OC)c1C)C1CCOCC1. The zero-order valence-corrected chi connectivity index (χ0v) is 20.6. The Morgan fingerprint density at radius 1 is 1.09 bits per heavy atom. The van der Waals surface area contributed by atoms with Gasteiger partial charge >= 0.3 is 5.97 Å². The summed E-state index contributed by atoms with van der Waals surface area (Å²) in [5.74, 6) is -0.288. The molecule has 1 N–H and O–H groups in total. The number of carbonyl (C=O) groups is 1. The first-order valence-corrected chi connectivity index (χ1v) is 12.6. The van der Waals surface area contributed by atoms with Gasteiger partial charge in [0, 0.05) is 62.3 Å². The van der Waals surface area contributed by atoms with Crippen LogP contribution in [0.15, 0.2) is 30.3 Å². The van der Waals surface area contributed by atoms with Gasteiger partial charge in [-0.25, -0.2) is 4.79 Å². The number of nitrogens with zero attached hydrogens (tertiary/aromatic N) is 1. The van der Waals surface area contributed by atoms with Crippen LogP contribution in [-0.2, 0) is 19.6 Å². The van der Waals surface area contributed by atoms with Crippen LogP contribution >= 0.6 is 0 Å². The quantitative estimate of drug-likeness (QED) is 0.634. The summed E-state index contributed by atoms with van der Waals surface area (Å²) in [6.45, 7) is 9.29. The van der Waals surface area contributed by atoms with Crippen LogP contribution in [0.5, 0.6) is 0 Å². The maximum Gasteiger partial charge on any atom is 0.338 e. The number of benzene rings is 2. The molecule has 6 heteroatoms. The zero-order valence-electron chi connectivity index (χ0n) is 20.6. The van der Waals surface area contributed by atoms with E-state index in [4.69, 9.17) is 14.2 Å². The normalized spacial score (nSPS) is 19.5. The molecular weight excluding hydrogens is 428 g/mol. The van der Waals surface area contributed by atoms with E-state index in [1.54, 1.807) is 0 Å². The van der Waals surface area contributed by atoms with Crippen LogP contribution < -0.4 is 10.2 Å². The largest absolute Gasteiger partial charge is 0.465 e. The number of esters is 1. The molecule has 2 aromatic carbocycles. The van der Waals surface area contributed by atoms with Gasteiger partial charge in [0.15, 0.2) is 0 Å². The van der Waals surface area contributed by atoms with Crippen LogP contribution in [0.3, 0.4) is 0 Å². The maximum absolute atomic E-state index is 12.8. The van der Waals surface area contributed by atoms with Crippen molar-refractivity contribution >= 4 is 17.3 Å². The van der Waals surface area contributed by atoms with Gasteiger partial charge in [0.1, 0.15) is 0 Å². The van der Waals surface area contributed by atoms with Crippen LogP contribution in [-0.4, -0.2) is 58.6 Å². The summed E-state index contributed by atoms with van der Waals surface area (Å²) < 4.78 is 16.4. The summed E-state index contributed by atoms with van der Waals surface area (Å²) in [6.07, 6.45) is 4.12. The third-order valence-electron chi connectivity index (χ3n) is 8.06. The predicted molar refractivity (Wildman–Crippen MR) is 135 cm³/mol. The fourth-order valence-corrected chi connectivity index (χ4v) is 6.01. The Kier molecular flexibility index (Phi) is 6.54. The minimum Gasteiger partial charge on any atom is -0.465 e. The highest BCUT2D eigenvalue weighted by atomic mass is 16.5. The van der Waals surface area contributed by atoms with Crippen molar-refractivity contribution in [2.24, 2.45) is 0 Å². The van der Waals surface area contributed by atoms with Gasteiger partial charge < -0.3 is 24.4 Å². The Morgan fingerprint density at radius 2 is 1.82 bits per heavy atom. The standard InChI is InChI=1S/C28H36N2O4/c1-4-30(22-7-11-33-12-8-22)26-17-21(15-23(19(26)2)27(31)32-3)20-5-6-24-25(16-20)29-18-28(24)9-13-34-14-10-28/h5-6,15-17,22,29H,4,7-14,18H2,1-3H3. The molecule has 5 rings (SSSR count). The summed E-state index contributed by atoms with van der Waals surface area (Å²) in [7, 11) is 1.46. The van der Waals surface area contributed by atoms with Crippen molar-refractivity contribution in [3.05, 3.63) is 47.0 Å². The molecule has 0 aromatic heterocycles. The number of carbonyl (C=O) groups excluding carboxylic acids is 1. The summed E-state index contributed by atoms with van der Waals surface area (Å²) >= 11 is 0. The number of anilines is 2. The van der Waals surface area contributed by atoms with E-state index in [2.05, 4.69) is 41.4 Å². The third kappa shape index (κ3) is 4.07. The molecule has 6 nitrogen and oxygen atoms in total. The first-order valence-electron chi connectivity index (χ1n) is 12.6. The second kappa shape index (κ2) is 9.59. The van der Waals surface area contributed by atoms with Crippen molar-refractivity contribution < 1.29 is 19.0 Å². The Labute approximate surface area is 202 Å². The van der Waals surface area contributed by atoms with Crippen LogP contribution in [0.4, 0.5) is 11.4 Å². The lowest BCUT2D eigenvalue weighted by molar-refractivity contribution is 0.0567. The summed E-state index contributed by atoms with van der Waals surface area (Å²) in [5.41, 5.74) is 7.68. The molecule has 0 saturated carbocycles. The van der Waals surface area contributed by atoms with Crippen molar-refractivity contribution in [3.63, 3.8) is 0 Å². The number of hydrogen-bond acceptors (Lipinski definition) is 6. The first-order chi connectivity index (χ1) is 16.6. The number of ether oxygens (including phenoxy) is 3. The maximum atomic E-state index is 12.8. The van der Waals surface area contributed by atoms with Gasteiger partial charge in [-0.1, -0.05) is 12.1 Å². The number of rotatable bonds is 5. The summed E-state index contributed by atoms with van der Waals surface area (Å²) in [5, 5.41) is 3.66. The van der Waals surface area contributed by atoms with Gasteiger partial charge in [0.25, 0.3) is 0 Å². The van der Waals surface area contributed by atoms with Crippen LogP contribution in [0.25, 0.3) is 11.1 Å². The molecule has 2 aromatic rings. The molecule has 2 saturated heterocycles. The average Bonchev–Trinajstić information content (AvgIpc) is 3.23. The Hall–Kier alpha value is -2.57. The molecule has 2 fully saturated rings. The molecule has 1 spiro atoms. The minimum absolute atomic E-state index is 0.184. The van der Waals surface area contributed by atoms with Crippen molar-refractivity contribution in [1.29, 1.82) is 0 Å². The first kappa shape index (κ1) is 23.2. The van der Waals surface area contributed by atoms with E-state index in [-0.39, 0.29) is 11.4 Å². The van der Waals surface area contributed by atoms with E-state index >= 15 is 0 Å². The van der Waals surface area contributed by atoms with E-state index < -0.39 is 0 Å². The molecule has 34 heavy (non-hydrogen) atoms. The lowest BCUT2D eigenvalue weighted by Crippen LogP contribution is -2.40. The van der Waals surface area contributed by atoms with Crippen molar-refractivity contribution in [3.8, 4) is 11.1 Å². The zero-order chi connectivity index (χ0) is 23.7. The van der Waals surface area contributed by atoms with Crippen LogP contribution in [0.2, 0.25) is 0 Å². The number of methoxy groups -OCH3 is 1. The lowest BCUT2D eigenvalue weighted by Gasteiger charge is -2.37. The van der Waals surface area contributed by atoms with Crippen molar-refractivity contribution in [2.45, 2.75) is 51.0 Å². The number of nitrogens with one attached hydrogen (secondary N) is 1. The van der Waals surface area contributed by atoms with E-state index in [1.807, 2.05) is 13.0 Å². The Balaban J connectivity index is 1.56. The Morgan fingerprint density at radius 3 is 2.53 bits per heavy atom. The second-order valence-electron chi connectivity index (χ2n) is 9.80.